The molecule has 5 rings (SSSR count). The number of thiazole rings is 1. The molecule has 2 saturated heterocycles. The fourth-order valence-electron chi connectivity index (χ4n) is 5.08. The first kappa shape index (κ1) is 26.3. The number of benzene rings is 2. The molecular weight excluding hydrogens is 506 g/mol. The van der Waals surface area contributed by atoms with Crippen LogP contribution in [0.3, 0.4) is 0 Å². The molecular formula is C28H35N3O4S2. The van der Waals surface area contributed by atoms with Gasteiger partial charge in [-0.15, -0.1) is 0 Å². The van der Waals surface area contributed by atoms with E-state index in [4.69, 9.17) is 9.72 Å². The van der Waals surface area contributed by atoms with Gasteiger partial charge in [0.25, 0.3) is 5.91 Å². The Labute approximate surface area is 223 Å². The number of sulfonamides is 1. The van der Waals surface area contributed by atoms with Crippen molar-refractivity contribution in [2.75, 3.05) is 31.1 Å². The number of rotatable bonds is 7. The van der Waals surface area contributed by atoms with E-state index in [0.717, 1.165) is 41.5 Å². The van der Waals surface area contributed by atoms with Gasteiger partial charge in [-0.05, 0) is 73.4 Å². The van der Waals surface area contributed by atoms with Gasteiger partial charge in [-0.3, -0.25) is 9.69 Å². The van der Waals surface area contributed by atoms with E-state index in [-0.39, 0.29) is 16.9 Å². The predicted molar refractivity (Wildman–Crippen MR) is 148 cm³/mol. The molecule has 1 aromatic heterocycles. The second kappa shape index (κ2) is 10.8. The van der Waals surface area contributed by atoms with E-state index in [2.05, 4.69) is 26.8 Å². The first-order valence-electron chi connectivity index (χ1n) is 13.2. The lowest BCUT2D eigenvalue weighted by Gasteiger charge is -2.29. The molecule has 1 atom stereocenters. The molecule has 0 radical (unpaired) electrons. The highest BCUT2D eigenvalue weighted by Crippen LogP contribution is 2.35. The van der Waals surface area contributed by atoms with E-state index < -0.39 is 10.0 Å². The van der Waals surface area contributed by atoms with Gasteiger partial charge < -0.3 is 4.74 Å². The molecule has 1 amide bonds. The average molecular weight is 542 g/mol. The lowest BCUT2D eigenvalue weighted by atomic mass is 10.0. The molecule has 0 saturated carbocycles. The van der Waals surface area contributed by atoms with E-state index in [1.54, 1.807) is 33.5 Å². The van der Waals surface area contributed by atoms with Crippen LogP contribution in [0.25, 0.3) is 10.2 Å². The zero-order valence-corrected chi connectivity index (χ0v) is 23.4. The number of fused-ring (bicyclic) bond motifs is 1. The molecule has 3 heterocycles. The lowest BCUT2D eigenvalue weighted by Crippen LogP contribution is -2.38. The highest BCUT2D eigenvalue weighted by Gasteiger charge is 2.30. The molecule has 0 bridgehead atoms. The molecule has 0 aliphatic carbocycles. The summed E-state index contributed by atoms with van der Waals surface area (Å²) < 4.78 is 34.8. The molecule has 37 heavy (non-hydrogen) atoms. The minimum absolute atomic E-state index is 0.0401. The second-order valence-electron chi connectivity index (χ2n) is 10.5. The van der Waals surface area contributed by atoms with Gasteiger partial charge in [0.1, 0.15) is 0 Å². The van der Waals surface area contributed by atoms with Crippen LogP contribution in [0.1, 0.15) is 68.3 Å². The van der Waals surface area contributed by atoms with E-state index in [1.807, 2.05) is 12.1 Å². The molecule has 2 fully saturated rings. The Kier molecular flexibility index (Phi) is 7.68. The van der Waals surface area contributed by atoms with Crippen LogP contribution in [0.5, 0.6) is 0 Å². The van der Waals surface area contributed by atoms with Gasteiger partial charge in [-0.25, -0.2) is 13.4 Å². The highest BCUT2D eigenvalue weighted by molar-refractivity contribution is 7.89. The second-order valence-corrected chi connectivity index (χ2v) is 13.5. The van der Waals surface area contributed by atoms with E-state index in [9.17, 15) is 13.2 Å². The fraction of sp³-hybridized carbons (Fsp3) is 0.500. The number of piperidine rings is 1. The summed E-state index contributed by atoms with van der Waals surface area (Å²) >= 11 is 1.51. The van der Waals surface area contributed by atoms with Crippen LogP contribution < -0.4 is 4.90 Å². The van der Waals surface area contributed by atoms with Crippen LogP contribution in [-0.4, -0.2) is 56.0 Å². The number of amides is 1. The number of hydrogen-bond donors (Lipinski definition) is 0. The van der Waals surface area contributed by atoms with E-state index in [0.29, 0.717) is 48.8 Å². The van der Waals surface area contributed by atoms with Gasteiger partial charge >= 0.3 is 0 Å². The van der Waals surface area contributed by atoms with Gasteiger partial charge in [-0.2, -0.15) is 4.31 Å². The molecule has 2 aliphatic rings. The summed E-state index contributed by atoms with van der Waals surface area (Å²) in [6.45, 7) is 8.63. The standard InChI is InChI=1S/C28H35N3O4S2/c1-19(2)24-7-4-8-25-26(24)29-28(36-25)31(18-22-6-5-17-35-22)27(32)21-9-11-23(12-10-21)37(33,34)30-15-13-20(3)14-16-30/h4,7-12,19-20,22H,5-6,13-18H2,1-3H3. The third-order valence-electron chi connectivity index (χ3n) is 7.43. The third-order valence-corrected chi connectivity index (χ3v) is 10.4. The Morgan fingerprint density at radius 2 is 1.86 bits per heavy atom. The van der Waals surface area contributed by atoms with Crippen LogP contribution >= 0.6 is 11.3 Å². The predicted octanol–water partition coefficient (Wildman–Crippen LogP) is 5.67. The number of ether oxygens (including phenoxy) is 1. The highest BCUT2D eigenvalue weighted by atomic mass is 32.2. The van der Waals surface area contributed by atoms with Gasteiger partial charge in [0.05, 0.1) is 27.8 Å². The maximum atomic E-state index is 13.8. The van der Waals surface area contributed by atoms with Gasteiger partial charge in [0, 0.05) is 25.3 Å². The van der Waals surface area contributed by atoms with Crippen molar-refractivity contribution in [3.63, 3.8) is 0 Å². The first-order valence-corrected chi connectivity index (χ1v) is 15.4. The monoisotopic (exact) mass is 541 g/mol. The average Bonchev–Trinajstić information content (AvgIpc) is 3.56. The quantitative estimate of drug-likeness (QED) is 0.385. The molecule has 2 aromatic carbocycles. The largest absolute Gasteiger partial charge is 0.376 e. The van der Waals surface area contributed by atoms with Crippen molar-refractivity contribution in [3.05, 3.63) is 53.6 Å². The minimum Gasteiger partial charge on any atom is -0.376 e. The summed E-state index contributed by atoms with van der Waals surface area (Å²) in [5.74, 6) is 0.662. The van der Waals surface area contributed by atoms with Gasteiger partial charge in [-0.1, -0.05) is 44.2 Å². The summed E-state index contributed by atoms with van der Waals surface area (Å²) in [4.78, 5) is 20.7. The molecule has 0 N–H and O–H groups in total. The smallest absolute Gasteiger partial charge is 0.260 e. The number of para-hydroxylation sites is 1. The zero-order valence-electron chi connectivity index (χ0n) is 21.7. The van der Waals surface area contributed by atoms with Gasteiger partial charge in [0.2, 0.25) is 10.0 Å². The van der Waals surface area contributed by atoms with Crippen molar-refractivity contribution in [1.29, 1.82) is 0 Å². The SMILES string of the molecule is CC1CCN(S(=O)(=O)c2ccc(C(=O)N(CC3CCCO3)c3nc4c(C(C)C)cccc4s3)cc2)CC1. The summed E-state index contributed by atoms with van der Waals surface area (Å²) in [7, 11) is -3.57. The normalized spacial score (nSPS) is 19.6. The van der Waals surface area contributed by atoms with E-state index in [1.165, 1.54) is 11.3 Å². The van der Waals surface area contributed by atoms with Crippen LogP contribution in [-0.2, 0) is 14.8 Å². The number of carbonyl (C=O) groups is 1. The zero-order chi connectivity index (χ0) is 26.2. The van der Waals surface area contributed by atoms with Crippen LogP contribution in [0.2, 0.25) is 0 Å². The van der Waals surface area contributed by atoms with Crippen molar-refractivity contribution in [2.24, 2.45) is 5.92 Å². The summed E-state index contributed by atoms with van der Waals surface area (Å²) in [5, 5.41) is 0.641. The topological polar surface area (TPSA) is 79.8 Å². The maximum Gasteiger partial charge on any atom is 0.260 e. The number of hydrogen-bond acceptors (Lipinski definition) is 6. The van der Waals surface area contributed by atoms with Crippen molar-refractivity contribution >= 4 is 42.6 Å². The Balaban J connectivity index is 1.44. The number of nitrogens with zero attached hydrogens (tertiary/aromatic N) is 3. The Morgan fingerprint density at radius 3 is 2.51 bits per heavy atom. The van der Waals surface area contributed by atoms with Crippen molar-refractivity contribution in [2.45, 2.75) is 63.4 Å². The maximum absolute atomic E-state index is 13.8. The van der Waals surface area contributed by atoms with Crippen LogP contribution in [0.15, 0.2) is 47.4 Å². The van der Waals surface area contributed by atoms with Crippen LogP contribution in [0, 0.1) is 5.92 Å². The Bertz CT molecular complexity index is 1350. The fourth-order valence-corrected chi connectivity index (χ4v) is 7.56. The summed E-state index contributed by atoms with van der Waals surface area (Å²) in [5.41, 5.74) is 2.53. The Hall–Kier alpha value is -2.33. The van der Waals surface area contributed by atoms with Crippen molar-refractivity contribution in [3.8, 4) is 0 Å². The molecule has 7 nitrogen and oxygen atoms in total. The first-order chi connectivity index (χ1) is 17.7. The molecule has 2 aliphatic heterocycles. The van der Waals surface area contributed by atoms with Crippen LogP contribution in [0.4, 0.5) is 5.13 Å². The van der Waals surface area contributed by atoms with Gasteiger partial charge in [0.15, 0.2) is 5.13 Å². The Morgan fingerprint density at radius 1 is 1.14 bits per heavy atom. The van der Waals surface area contributed by atoms with Crippen molar-refractivity contribution < 1.29 is 17.9 Å². The third kappa shape index (κ3) is 5.46. The number of carbonyl (C=O) groups excluding carboxylic acids is 1. The van der Waals surface area contributed by atoms with Crippen molar-refractivity contribution in [1.82, 2.24) is 9.29 Å². The summed E-state index contributed by atoms with van der Waals surface area (Å²) in [6, 6.07) is 12.5. The minimum atomic E-state index is -3.57. The molecule has 9 heteroatoms. The molecule has 3 aromatic rings. The number of aromatic nitrogens is 1. The lowest BCUT2D eigenvalue weighted by molar-refractivity contribution is 0.0917. The molecule has 1 unspecified atom stereocenters. The van der Waals surface area contributed by atoms with E-state index >= 15 is 0 Å². The molecule has 198 valence electrons. The molecule has 0 spiro atoms. The summed E-state index contributed by atoms with van der Waals surface area (Å²) in [6.07, 6.45) is 3.58. The number of anilines is 1.